The standard InChI is InChI=1S/C22H17ClN2/c23-17-8-4-7-16(11-17)18-13-19(18)22-24-20-10-9-15(12-21(20)25-22)14-5-2-1-3-6-14/h1-12,18-19H,13H2,(H,24,25). The molecule has 0 amide bonds. The van der Waals surface area contributed by atoms with E-state index in [1.807, 2.05) is 18.2 Å². The molecule has 0 spiro atoms. The van der Waals surface area contributed by atoms with Crippen LogP contribution in [0.4, 0.5) is 0 Å². The molecule has 3 aromatic carbocycles. The molecule has 1 saturated carbocycles. The summed E-state index contributed by atoms with van der Waals surface area (Å²) in [5, 5.41) is 0.806. The van der Waals surface area contributed by atoms with Gasteiger partial charge in [-0.1, -0.05) is 60.1 Å². The van der Waals surface area contributed by atoms with Gasteiger partial charge in [0.05, 0.1) is 11.0 Å². The molecule has 0 radical (unpaired) electrons. The molecule has 1 aliphatic rings. The number of fused-ring (bicyclic) bond motifs is 1. The molecule has 25 heavy (non-hydrogen) atoms. The van der Waals surface area contributed by atoms with Crippen LogP contribution in [0.1, 0.15) is 29.6 Å². The van der Waals surface area contributed by atoms with Crippen LogP contribution in [-0.2, 0) is 0 Å². The number of aromatic amines is 1. The van der Waals surface area contributed by atoms with Crippen LogP contribution in [0, 0.1) is 0 Å². The number of hydrogen-bond donors (Lipinski definition) is 1. The van der Waals surface area contributed by atoms with Gasteiger partial charge in [0, 0.05) is 10.9 Å². The second-order valence-corrected chi connectivity index (χ2v) is 7.16. The maximum Gasteiger partial charge on any atom is 0.110 e. The van der Waals surface area contributed by atoms with Crippen molar-refractivity contribution in [2.24, 2.45) is 0 Å². The number of nitrogens with zero attached hydrogens (tertiary/aromatic N) is 1. The van der Waals surface area contributed by atoms with Gasteiger partial charge in [-0.3, -0.25) is 0 Å². The third-order valence-electron chi connectivity index (χ3n) is 5.03. The molecular formula is C22H17ClN2. The van der Waals surface area contributed by atoms with Crippen molar-refractivity contribution < 1.29 is 0 Å². The molecule has 0 bridgehead atoms. The van der Waals surface area contributed by atoms with Crippen molar-refractivity contribution >= 4 is 22.6 Å². The topological polar surface area (TPSA) is 28.7 Å². The van der Waals surface area contributed by atoms with Crippen molar-refractivity contribution in [2.75, 3.05) is 0 Å². The van der Waals surface area contributed by atoms with Gasteiger partial charge in [-0.15, -0.1) is 0 Å². The minimum atomic E-state index is 0.464. The van der Waals surface area contributed by atoms with Crippen LogP contribution in [0.25, 0.3) is 22.2 Å². The van der Waals surface area contributed by atoms with E-state index in [9.17, 15) is 0 Å². The number of nitrogens with one attached hydrogen (secondary N) is 1. The average molecular weight is 345 g/mol. The number of aromatic nitrogens is 2. The fraction of sp³-hybridized carbons (Fsp3) is 0.136. The van der Waals surface area contributed by atoms with Crippen molar-refractivity contribution in [3.8, 4) is 11.1 Å². The fourth-order valence-corrected chi connectivity index (χ4v) is 3.82. The Morgan fingerprint density at radius 2 is 1.72 bits per heavy atom. The minimum absolute atomic E-state index is 0.464. The average Bonchev–Trinajstić information content (AvgIpc) is 3.34. The van der Waals surface area contributed by atoms with Gasteiger partial charge in [0.2, 0.25) is 0 Å². The second kappa shape index (κ2) is 5.75. The summed E-state index contributed by atoms with van der Waals surface area (Å²) >= 11 is 6.13. The highest BCUT2D eigenvalue weighted by molar-refractivity contribution is 6.30. The van der Waals surface area contributed by atoms with Crippen LogP contribution in [0.5, 0.6) is 0 Å². The predicted octanol–water partition coefficient (Wildman–Crippen LogP) is 6.15. The number of halogens is 1. The minimum Gasteiger partial charge on any atom is -0.342 e. The number of benzene rings is 3. The third kappa shape index (κ3) is 2.73. The zero-order valence-electron chi connectivity index (χ0n) is 13.6. The van der Waals surface area contributed by atoms with Crippen molar-refractivity contribution in [2.45, 2.75) is 18.3 Å². The highest BCUT2D eigenvalue weighted by Crippen LogP contribution is 2.54. The quantitative estimate of drug-likeness (QED) is 0.474. The molecule has 1 aromatic heterocycles. The van der Waals surface area contributed by atoms with Gasteiger partial charge >= 0.3 is 0 Å². The first-order valence-electron chi connectivity index (χ1n) is 8.58. The molecule has 5 rings (SSSR count). The Hall–Kier alpha value is -2.58. The summed E-state index contributed by atoms with van der Waals surface area (Å²) in [7, 11) is 0. The second-order valence-electron chi connectivity index (χ2n) is 6.72. The number of rotatable bonds is 3. The van der Waals surface area contributed by atoms with Crippen LogP contribution < -0.4 is 0 Å². The molecular weight excluding hydrogens is 328 g/mol. The van der Waals surface area contributed by atoms with Crippen molar-refractivity contribution in [3.63, 3.8) is 0 Å². The third-order valence-corrected chi connectivity index (χ3v) is 5.26. The van der Waals surface area contributed by atoms with Crippen LogP contribution in [0.3, 0.4) is 0 Å². The molecule has 122 valence electrons. The number of hydrogen-bond acceptors (Lipinski definition) is 1. The zero-order chi connectivity index (χ0) is 16.8. The van der Waals surface area contributed by atoms with E-state index in [-0.39, 0.29) is 0 Å². The molecule has 1 aliphatic carbocycles. The summed E-state index contributed by atoms with van der Waals surface area (Å²) in [6, 6.07) is 25.1. The Labute approximate surface area is 151 Å². The summed E-state index contributed by atoms with van der Waals surface area (Å²) in [5.74, 6) is 2.07. The molecule has 2 nitrogen and oxygen atoms in total. The first-order valence-corrected chi connectivity index (χ1v) is 8.96. The lowest BCUT2D eigenvalue weighted by atomic mass is 10.1. The smallest absolute Gasteiger partial charge is 0.110 e. The van der Waals surface area contributed by atoms with Gasteiger partial charge < -0.3 is 4.98 Å². The lowest BCUT2D eigenvalue weighted by Gasteiger charge is -2.00. The normalized spacial score (nSPS) is 19.2. The van der Waals surface area contributed by atoms with Gasteiger partial charge in [-0.25, -0.2) is 4.98 Å². The van der Waals surface area contributed by atoms with E-state index in [1.165, 1.54) is 16.7 Å². The molecule has 1 N–H and O–H groups in total. The SMILES string of the molecule is Clc1cccc(C2CC2c2nc3ccc(-c4ccccc4)cc3[nH]2)c1. The largest absolute Gasteiger partial charge is 0.342 e. The van der Waals surface area contributed by atoms with Crippen LogP contribution in [0.2, 0.25) is 5.02 Å². The van der Waals surface area contributed by atoms with Crippen LogP contribution >= 0.6 is 11.6 Å². The van der Waals surface area contributed by atoms with E-state index >= 15 is 0 Å². The molecule has 1 heterocycles. The predicted molar refractivity (Wildman–Crippen MR) is 103 cm³/mol. The van der Waals surface area contributed by atoms with E-state index in [0.717, 1.165) is 28.3 Å². The highest BCUT2D eigenvalue weighted by Gasteiger charge is 2.41. The van der Waals surface area contributed by atoms with Crippen LogP contribution in [0.15, 0.2) is 72.8 Å². The lowest BCUT2D eigenvalue weighted by Crippen LogP contribution is -1.86. The van der Waals surface area contributed by atoms with Gasteiger partial charge in [0.15, 0.2) is 0 Å². The fourth-order valence-electron chi connectivity index (χ4n) is 3.62. The Kier molecular flexibility index (Phi) is 3.39. The first-order chi connectivity index (χ1) is 12.3. The van der Waals surface area contributed by atoms with E-state index < -0.39 is 0 Å². The molecule has 0 aliphatic heterocycles. The Morgan fingerprint density at radius 1 is 0.840 bits per heavy atom. The Bertz CT molecular complexity index is 1050. The van der Waals surface area contributed by atoms with E-state index in [2.05, 4.69) is 59.6 Å². The van der Waals surface area contributed by atoms with E-state index in [4.69, 9.17) is 16.6 Å². The number of imidazole rings is 1. The van der Waals surface area contributed by atoms with Gasteiger partial charge in [-0.2, -0.15) is 0 Å². The molecule has 2 atom stereocenters. The molecule has 3 heteroatoms. The molecule has 0 saturated heterocycles. The molecule has 2 unspecified atom stereocenters. The maximum atomic E-state index is 6.13. The highest BCUT2D eigenvalue weighted by atomic mass is 35.5. The van der Waals surface area contributed by atoms with Gasteiger partial charge in [0.25, 0.3) is 0 Å². The zero-order valence-corrected chi connectivity index (χ0v) is 14.4. The van der Waals surface area contributed by atoms with Crippen LogP contribution in [-0.4, -0.2) is 9.97 Å². The van der Waals surface area contributed by atoms with E-state index in [0.29, 0.717) is 11.8 Å². The van der Waals surface area contributed by atoms with E-state index in [1.54, 1.807) is 0 Å². The maximum absolute atomic E-state index is 6.13. The molecule has 1 fully saturated rings. The monoisotopic (exact) mass is 344 g/mol. The molecule has 4 aromatic rings. The summed E-state index contributed by atoms with van der Waals surface area (Å²) in [5.41, 5.74) is 5.89. The summed E-state index contributed by atoms with van der Waals surface area (Å²) in [4.78, 5) is 8.36. The van der Waals surface area contributed by atoms with Gasteiger partial charge in [0.1, 0.15) is 5.82 Å². The Balaban J connectivity index is 1.46. The van der Waals surface area contributed by atoms with Crippen molar-refractivity contribution in [3.05, 3.63) is 89.2 Å². The first kappa shape index (κ1) is 14.7. The van der Waals surface area contributed by atoms with Crippen molar-refractivity contribution in [1.29, 1.82) is 0 Å². The lowest BCUT2D eigenvalue weighted by molar-refractivity contribution is 0.938. The summed E-state index contributed by atoms with van der Waals surface area (Å²) in [6.07, 6.45) is 1.13. The summed E-state index contributed by atoms with van der Waals surface area (Å²) < 4.78 is 0. The van der Waals surface area contributed by atoms with Gasteiger partial charge in [-0.05, 0) is 53.3 Å². The van der Waals surface area contributed by atoms with Crippen molar-refractivity contribution in [1.82, 2.24) is 9.97 Å². The summed E-state index contributed by atoms with van der Waals surface area (Å²) in [6.45, 7) is 0. The number of H-pyrrole nitrogens is 1. The Morgan fingerprint density at radius 3 is 2.56 bits per heavy atom.